The van der Waals surface area contributed by atoms with Gasteiger partial charge in [0, 0.05) is 17.8 Å². The van der Waals surface area contributed by atoms with E-state index in [2.05, 4.69) is 12.2 Å². The van der Waals surface area contributed by atoms with Crippen molar-refractivity contribution in [3.05, 3.63) is 72.3 Å². The second kappa shape index (κ2) is 7.28. The third kappa shape index (κ3) is 3.14. The Hall–Kier alpha value is -2.86. The second-order valence-corrected chi connectivity index (χ2v) is 8.79. The molecule has 144 valence electrons. The van der Waals surface area contributed by atoms with Gasteiger partial charge in [-0.05, 0) is 29.5 Å². The Morgan fingerprint density at radius 3 is 2.43 bits per heavy atom. The van der Waals surface area contributed by atoms with Gasteiger partial charge in [-0.1, -0.05) is 61.5 Å². The Bertz CT molecular complexity index is 1120. The fourth-order valence-corrected chi connectivity index (χ4v) is 5.44. The topological polar surface area (TPSA) is 66.5 Å². The van der Waals surface area contributed by atoms with Crippen LogP contribution in [0.3, 0.4) is 0 Å². The molecule has 1 atom stereocenters. The highest BCUT2D eigenvalue weighted by atomic mass is 32.2. The Morgan fingerprint density at radius 2 is 1.71 bits per heavy atom. The third-order valence-electron chi connectivity index (χ3n) is 5.28. The van der Waals surface area contributed by atoms with Gasteiger partial charge < -0.3 is 5.32 Å². The lowest BCUT2D eigenvalue weighted by Gasteiger charge is -2.20. The van der Waals surface area contributed by atoms with Gasteiger partial charge in [0.2, 0.25) is 5.91 Å². The number of hydrogen-bond donors (Lipinski definition) is 1. The normalized spacial score (nSPS) is 15.5. The van der Waals surface area contributed by atoms with Gasteiger partial charge in [0.05, 0.1) is 10.6 Å². The molecule has 1 N–H and O–H groups in total. The number of nitrogens with zero attached hydrogens (tertiary/aromatic N) is 1. The van der Waals surface area contributed by atoms with Gasteiger partial charge in [0.25, 0.3) is 10.0 Å². The highest BCUT2D eigenvalue weighted by molar-refractivity contribution is 7.93. The molecule has 0 aliphatic carbocycles. The molecule has 1 amide bonds. The standard InChI is InChI=1S/C22H22N2O3S/c1-2-16(17-8-4-3-5-9-17)14-23-21(25)15-24-19-12-6-10-18-11-7-13-20(22(18)19)28(24,26)27/h3-13,16H,2,14-15H2,1H3,(H,23,25). The van der Waals surface area contributed by atoms with Gasteiger partial charge in [-0.15, -0.1) is 0 Å². The monoisotopic (exact) mass is 394 g/mol. The van der Waals surface area contributed by atoms with Crippen molar-refractivity contribution in [1.82, 2.24) is 5.32 Å². The van der Waals surface area contributed by atoms with Crippen LogP contribution in [0.25, 0.3) is 10.8 Å². The minimum Gasteiger partial charge on any atom is -0.354 e. The zero-order chi connectivity index (χ0) is 19.7. The molecule has 6 heteroatoms. The molecule has 5 nitrogen and oxygen atoms in total. The zero-order valence-electron chi connectivity index (χ0n) is 15.6. The largest absolute Gasteiger partial charge is 0.354 e. The van der Waals surface area contributed by atoms with Gasteiger partial charge in [-0.2, -0.15) is 0 Å². The molecule has 0 spiro atoms. The fraction of sp³-hybridized carbons (Fsp3) is 0.227. The van der Waals surface area contributed by atoms with Crippen molar-refractivity contribution in [2.45, 2.75) is 24.2 Å². The average Bonchev–Trinajstić information content (AvgIpc) is 2.93. The van der Waals surface area contributed by atoms with E-state index in [1.165, 1.54) is 4.31 Å². The van der Waals surface area contributed by atoms with Gasteiger partial charge in [0.15, 0.2) is 0 Å². The summed E-state index contributed by atoms with van der Waals surface area (Å²) >= 11 is 0. The Labute approximate surface area is 165 Å². The molecule has 0 saturated heterocycles. The van der Waals surface area contributed by atoms with E-state index >= 15 is 0 Å². The maximum atomic E-state index is 13.0. The lowest BCUT2D eigenvalue weighted by molar-refractivity contribution is -0.119. The molecule has 0 fully saturated rings. The molecular formula is C22H22N2O3S. The maximum Gasteiger partial charge on any atom is 0.265 e. The first-order valence-corrected chi connectivity index (χ1v) is 10.8. The highest BCUT2D eigenvalue weighted by Gasteiger charge is 2.36. The van der Waals surface area contributed by atoms with Crippen LogP contribution in [-0.4, -0.2) is 27.4 Å². The molecule has 1 unspecified atom stereocenters. The van der Waals surface area contributed by atoms with Crippen molar-refractivity contribution < 1.29 is 13.2 Å². The first-order chi connectivity index (χ1) is 13.5. The van der Waals surface area contributed by atoms with Gasteiger partial charge in [-0.3, -0.25) is 9.10 Å². The van der Waals surface area contributed by atoms with E-state index < -0.39 is 10.0 Å². The summed E-state index contributed by atoms with van der Waals surface area (Å²) in [4.78, 5) is 12.9. The quantitative estimate of drug-likeness (QED) is 0.694. The molecule has 0 bridgehead atoms. The molecule has 3 aromatic rings. The lowest BCUT2D eigenvalue weighted by atomic mass is 9.96. The second-order valence-electron chi connectivity index (χ2n) is 6.96. The van der Waals surface area contributed by atoms with E-state index in [4.69, 9.17) is 0 Å². The predicted octanol–water partition coefficient (Wildman–Crippen LogP) is 3.66. The molecule has 4 rings (SSSR count). The van der Waals surface area contributed by atoms with Crippen LogP contribution >= 0.6 is 0 Å². The number of amides is 1. The molecule has 1 heterocycles. The van der Waals surface area contributed by atoms with Crippen LogP contribution in [0.4, 0.5) is 5.69 Å². The summed E-state index contributed by atoms with van der Waals surface area (Å²) < 4.78 is 27.1. The Morgan fingerprint density at radius 1 is 1.00 bits per heavy atom. The van der Waals surface area contributed by atoms with Gasteiger partial charge >= 0.3 is 0 Å². The first-order valence-electron chi connectivity index (χ1n) is 9.38. The summed E-state index contributed by atoms with van der Waals surface area (Å²) in [5.74, 6) is -0.108. The predicted molar refractivity (Wildman–Crippen MR) is 111 cm³/mol. The first kappa shape index (κ1) is 18.5. The number of carbonyl (C=O) groups excluding carboxylic acids is 1. The molecule has 1 aliphatic rings. The number of anilines is 1. The fourth-order valence-electron chi connectivity index (χ4n) is 3.77. The summed E-state index contributed by atoms with van der Waals surface area (Å²) in [7, 11) is -3.72. The Balaban J connectivity index is 1.52. The molecule has 0 radical (unpaired) electrons. The summed E-state index contributed by atoms with van der Waals surface area (Å²) in [5.41, 5.74) is 1.73. The van der Waals surface area contributed by atoms with Crippen molar-refractivity contribution in [1.29, 1.82) is 0 Å². The summed E-state index contributed by atoms with van der Waals surface area (Å²) in [6.45, 7) is 2.33. The molecule has 0 aromatic heterocycles. The van der Waals surface area contributed by atoms with E-state index in [0.717, 1.165) is 17.4 Å². The van der Waals surface area contributed by atoms with Crippen molar-refractivity contribution in [3.63, 3.8) is 0 Å². The summed E-state index contributed by atoms with van der Waals surface area (Å²) in [6.07, 6.45) is 0.886. The van der Waals surface area contributed by atoms with Crippen LogP contribution in [0.2, 0.25) is 0 Å². The van der Waals surface area contributed by atoms with Crippen LogP contribution in [0.1, 0.15) is 24.8 Å². The van der Waals surface area contributed by atoms with Crippen molar-refractivity contribution >= 4 is 32.4 Å². The molecule has 0 saturated carbocycles. The number of sulfonamides is 1. The Kier molecular flexibility index (Phi) is 4.81. The van der Waals surface area contributed by atoms with E-state index in [9.17, 15) is 13.2 Å². The maximum absolute atomic E-state index is 13.0. The average molecular weight is 394 g/mol. The third-order valence-corrected chi connectivity index (χ3v) is 7.08. The van der Waals surface area contributed by atoms with Crippen LogP contribution in [-0.2, 0) is 14.8 Å². The van der Waals surface area contributed by atoms with Crippen molar-refractivity contribution in [2.75, 3.05) is 17.4 Å². The molecular weight excluding hydrogens is 372 g/mol. The zero-order valence-corrected chi connectivity index (χ0v) is 16.4. The van der Waals surface area contributed by atoms with E-state index in [1.54, 1.807) is 18.2 Å². The van der Waals surface area contributed by atoms with E-state index in [0.29, 0.717) is 17.6 Å². The lowest BCUT2D eigenvalue weighted by Crippen LogP contribution is -2.40. The minimum absolute atomic E-state index is 0.195. The van der Waals surface area contributed by atoms with Crippen LogP contribution in [0.5, 0.6) is 0 Å². The van der Waals surface area contributed by atoms with Crippen LogP contribution in [0.15, 0.2) is 71.6 Å². The molecule has 3 aromatic carbocycles. The number of benzene rings is 3. The van der Waals surface area contributed by atoms with E-state index in [1.807, 2.05) is 48.5 Å². The van der Waals surface area contributed by atoms with Crippen molar-refractivity contribution in [3.8, 4) is 0 Å². The van der Waals surface area contributed by atoms with Crippen LogP contribution < -0.4 is 9.62 Å². The SMILES string of the molecule is CCC(CNC(=O)CN1c2cccc3cccc(c23)S1(=O)=O)c1ccccc1. The number of nitrogens with one attached hydrogen (secondary N) is 1. The number of hydrogen-bond acceptors (Lipinski definition) is 3. The van der Waals surface area contributed by atoms with Gasteiger partial charge in [-0.25, -0.2) is 8.42 Å². The number of carbonyl (C=O) groups is 1. The van der Waals surface area contributed by atoms with E-state index in [-0.39, 0.29) is 23.3 Å². The van der Waals surface area contributed by atoms with Crippen molar-refractivity contribution in [2.24, 2.45) is 0 Å². The smallest absolute Gasteiger partial charge is 0.265 e. The summed E-state index contributed by atoms with van der Waals surface area (Å²) in [5, 5.41) is 4.46. The molecule has 1 aliphatic heterocycles. The summed E-state index contributed by atoms with van der Waals surface area (Å²) in [6, 6.07) is 20.7. The highest BCUT2D eigenvalue weighted by Crippen LogP contribution is 2.41. The minimum atomic E-state index is -3.72. The van der Waals surface area contributed by atoms with Crippen LogP contribution in [0, 0.1) is 0 Å². The van der Waals surface area contributed by atoms with Gasteiger partial charge in [0.1, 0.15) is 6.54 Å². The molecule has 28 heavy (non-hydrogen) atoms. The number of rotatable bonds is 6.